The lowest BCUT2D eigenvalue weighted by Crippen LogP contribution is -2.19. The smallest absolute Gasteiger partial charge is 0.167 e. The lowest BCUT2D eigenvalue weighted by Gasteiger charge is -2.14. The summed E-state index contributed by atoms with van der Waals surface area (Å²) in [5, 5.41) is 3.32. The Morgan fingerprint density at radius 1 is 1.19 bits per heavy atom. The molecule has 112 valence electrons. The Balaban J connectivity index is 2.17. The molecule has 0 radical (unpaired) electrons. The molecule has 0 aliphatic carbocycles. The standard InChI is InChI=1S/C17H19FINO/c1-12(2)10-20-11-13-5-3-8-16(18)17(13)21-15-7-4-6-14(19)9-15/h3-9,12,20H,10-11H2,1-2H3. The Kier molecular flexibility index (Phi) is 5.99. The van der Waals surface area contributed by atoms with Gasteiger partial charge in [-0.25, -0.2) is 4.39 Å². The van der Waals surface area contributed by atoms with Crippen LogP contribution in [-0.2, 0) is 6.54 Å². The van der Waals surface area contributed by atoms with E-state index in [1.54, 1.807) is 6.07 Å². The molecular weight excluding hydrogens is 380 g/mol. The van der Waals surface area contributed by atoms with Crippen molar-refractivity contribution in [3.05, 3.63) is 57.4 Å². The van der Waals surface area contributed by atoms with Crippen LogP contribution in [0.3, 0.4) is 0 Å². The third kappa shape index (κ3) is 4.97. The number of nitrogens with one attached hydrogen (secondary N) is 1. The summed E-state index contributed by atoms with van der Waals surface area (Å²) in [4.78, 5) is 0. The second-order valence-electron chi connectivity index (χ2n) is 5.31. The van der Waals surface area contributed by atoms with Crippen molar-refractivity contribution in [3.63, 3.8) is 0 Å². The number of ether oxygens (including phenoxy) is 1. The van der Waals surface area contributed by atoms with Gasteiger partial charge < -0.3 is 10.1 Å². The maximum atomic E-state index is 14.1. The van der Waals surface area contributed by atoms with E-state index >= 15 is 0 Å². The van der Waals surface area contributed by atoms with Crippen molar-refractivity contribution < 1.29 is 9.13 Å². The Hall–Kier alpha value is -1.14. The second-order valence-corrected chi connectivity index (χ2v) is 6.56. The Morgan fingerprint density at radius 2 is 1.95 bits per heavy atom. The highest BCUT2D eigenvalue weighted by Gasteiger charge is 2.11. The lowest BCUT2D eigenvalue weighted by molar-refractivity contribution is 0.431. The molecule has 0 aliphatic rings. The first-order valence-electron chi connectivity index (χ1n) is 6.98. The zero-order valence-electron chi connectivity index (χ0n) is 12.2. The fourth-order valence-corrected chi connectivity index (χ4v) is 2.47. The monoisotopic (exact) mass is 399 g/mol. The van der Waals surface area contributed by atoms with Crippen LogP contribution in [0.5, 0.6) is 11.5 Å². The molecule has 4 heteroatoms. The third-order valence-electron chi connectivity index (χ3n) is 2.93. The highest BCUT2D eigenvalue weighted by molar-refractivity contribution is 14.1. The van der Waals surface area contributed by atoms with Gasteiger partial charge in [0.25, 0.3) is 0 Å². The van der Waals surface area contributed by atoms with Crippen molar-refractivity contribution in [3.8, 4) is 11.5 Å². The zero-order valence-corrected chi connectivity index (χ0v) is 14.4. The summed E-state index contributed by atoms with van der Waals surface area (Å²) in [6.07, 6.45) is 0. The van der Waals surface area contributed by atoms with Crippen LogP contribution in [0.4, 0.5) is 4.39 Å². The van der Waals surface area contributed by atoms with Crippen LogP contribution in [0, 0.1) is 15.3 Å². The SMILES string of the molecule is CC(C)CNCc1cccc(F)c1Oc1cccc(I)c1. The minimum Gasteiger partial charge on any atom is -0.454 e. The second kappa shape index (κ2) is 7.75. The van der Waals surface area contributed by atoms with Crippen LogP contribution < -0.4 is 10.1 Å². The predicted octanol–water partition coefficient (Wildman–Crippen LogP) is 4.97. The van der Waals surface area contributed by atoms with Crippen LogP contribution in [0.25, 0.3) is 0 Å². The van der Waals surface area contributed by atoms with E-state index in [1.165, 1.54) is 6.07 Å². The van der Waals surface area contributed by atoms with E-state index in [2.05, 4.69) is 41.8 Å². The van der Waals surface area contributed by atoms with E-state index in [9.17, 15) is 4.39 Å². The van der Waals surface area contributed by atoms with Crippen LogP contribution in [-0.4, -0.2) is 6.54 Å². The molecule has 0 atom stereocenters. The summed E-state index contributed by atoms with van der Waals surface area (Å²) in [5.41, 5.74) is 0.828. The predicted molar refractivity (Wildman–Crippen MR) is 92.2 cm³/mol. The van der Waals surface area contributed by atoms with E-state index in [0.29, 0.717) is 24.0 Å². The first-order valence-corrected chi connectivity index (χ1v) is 8.05. The summed E-state index contributed by atoms with van der Waals surface area (Å²) in [6, 6.07) is 12.6. The average Bonchev–Trinajstić information content (AvgIpc) is 2.42. The Bertz CT molecular complexity index is 601. The summed E-state index contributed by atoms with van der Waals surface area (Å²) >= 11 is 2.21. The molecule has 0 unspecified atom stereocenters. The molecule has 0 fully saturated rings. The van der Waals surface area contributed by atoms with Gasteiger partial charge in [-0.15, -0.1) is 0 Å². The molecule has 1 N–H and O–H groups in total. The molecule has 0 saturated heterocycles. The maximum absolute atomic E-state index is 14.1. The van der Waals surface area contributed by atoms with Crippen molar-refractivity contribution in [2.75, 3.05) is 6.54 Å². The molecule has 0 aromatic heterocycles. The van der Waals surface area contributed by atoms with Gasteiger partial charge in [-0.1, -0.05) is 32.0 Å². The number of para-hydroxylation sites is 1. The first-order chi connectivity index (χ1) is 10.1. The Labute approximate surface area is 138 Å². The number of halogens is 2. The van der Waals surface area contributed by atoms with Gasteiger partial charge in [-0.2, -0.15) is 0 Å². The number of hydrogen-bond acceptors (Lipinski definition) is 2. The fraction of sp³-hybridized carbons (Fsp3) is 0.294. The summed E-state index contributed by atoms with van der Waals surface area (Å²) < 4.78 is 20.9. The van der Waals surface area contributed by atoms with Crippen molar-refractivity contribution in [2.24, 2.45) is 5.92 Å². The normalized spacial score (nSPS) is 10.9. The molecule has 0 spiro atoms. The van der Waals surface area contributed by atoms with Gasteiger partial charge in [0.05, 0.1) is 0 Å². The largest absolute Gasteiger partial charge is 0.454 e. The molecule has 2 nitrogen and oxygen atoms in total. The van der Waals surface area contributed by atoms with Crippen molar-refractivity contribution >= 4 is 22.6 Å². The molecule has 0 bridgehead atoms. The number of benzene rings is 2. The van der Waals surface area contributed by atoms with Crippen LogP contribution in [0.2, 0.25) is 0 Å². The molecular formula is C17H19FINO. The number of hydrogen-bond donors (Lipinski definition) is 1. The van der Waals surface area contributed by atoms with E-state index in [4.69, 9.17) is 4.74 Å². The fourth-order valence-electron chi connectivity index (χ4n) is 1.95. The highest BCUT2D eigenvalue weighted by Crippen LogP contribution is 2.29. The van der Waals surface area contributed by atoms with Crippen molar-refractivity contribution in [1.82, 2.24) is 5.32 Å². The summed E-state index contributed by atoms with van der Waals surface area (Å²) in [5.74, 6) is 1.17. The van der Waals surface area contributed by atoms with Crippen LogP contribution >= 0.6 is 22.6 Å². The van der Waals surface area contributed by atoms with Crippen molar-refractivity contribution in [2.45, 2.75) is 20.4 Å². The van der Waals surface area contributed by atoms with E-state index in [0.717, 1.165) is 15.7 Å². The van der Waals surface area contributed by atoms with Gasteiger partial charge >= 0.3 is 0 Å². The average molecular weight is 399 g/mol. The lowest BCUT2D eigenvalue weighted by atomic mass is 10.1. The maximum Gasteiger partial charge on any atom is 0.167 e. The molecule has 2 rings (SSSR count). The molecule has 0 heterocycles. The minimum absolute atomic E-state index is 0.302. The van der Waals surface area contributed by atoms with E-state index in [-0.39, 0.29) is 5.82 Å². The van der Waals surface area contributed by atoms with Gasteiger partial charge in [0.2, 0.25) is 0 Å². The van der Waals surface area contributed by atoms with Gasteiger partial charge in [0.15, 0.2) is 11.6 Å². The molecule has 2 aromatic carbocycles. The highest BCUT2D eigenvalue weighted by atomic mass is 127. The molecule has 0 aliphatic heterocycles. The summed E-state index contributed by atoms with van der Waals surface area (Å²) in [7, 11) is 0. The van der Waals surface area contributed by atoms with Gasteiger partial charge in [0.1, 0.15) is 5.75 Å². The molecule has 21 heavy (non-hydrogen) atoms. The summed E-state index contributed by atoms with van der Waals surface area (Å²) in [6.45, 7) is 5.76. The molecule has 2 aromatic rings. The van der Waals surface area contributed by atoms with E-state index in [1.807, 2.05) is 30.3 Å². The van der Waals surface area contributed by atoms with Gasteiger partial charge in [0, 0.05) is 15.7 Å². The molecule has 0 saturated carbocycles. The first kappa shape index (κ1) is 16.2. The molecule has 0 amide bonds. The topological polar surface area (TPSA) is 21.3 Å². The quantitative estimate of drug-likeness (QED) is 0.693. The van der Waals surface area contributed by atoms with Crippen molar-refractivity contribution in [1.29, 1.82) is 0 Å². The number of rotatable bonds is 6. The van der Waals surface area contributed by atoms with Crippen LogP contribution in [0.1, 0.15) is 19.4 Å². The Morgan fingerprint density at radius 3 is 2.67 bits per heavy atom. The minimum atomic E-state index is -0.335. The van der Waals surface area contributed by atoms with Gasteiger partial charge in [-0.3, -0.25) is 0 Å². The van der Waals surface area contributed by atoms with Gasteiger partial charge in [-0.05, 0) is 59.3 Å². The van der Waals surface area contributed by atoms with Crippen LogP contribution in [0.15, 0.2) is 42.5 Å². The van der Waals surface area contributed by atoms with E-state index < -0.39 is 0 Å². The zero-order chi connectivity index (χ0) is 15.2. The third-order valence-corrected chi connectivity index (χ3v) is 3.60.